The number of phenols is 2. The van der Waals surface area contributed by atoms with Crippen molar-refractivity contribution >= 4 is 43.9 Å². The summed E-state index contributed by atoms with van der Waals surface area (Å²) in [6.07, 6.45) is 0. The monoisotopic (exact) mass is 817 g/mol. The summed E-state index contributed by atoms with van der Waals surface area (Å²) in [5.74, 6) is -7.95. The van der Waals surface area contributed by atoms with Gasteiger partial charge in [0.25, 0.3) is 0 Å². The average Bonchev–Trinajstić information content (AvgIpc) is 3.34. The maximum Gasteiger partial charge on any atom is 0.340 e. The van der Waals surface area contributed by atoms with Gasteiger partial charge in [-0.25, -0.2) is 23.1 Å². The van der Waals surface area contributed by atoms with Gasteiger partial charge < -0.3 is 19.7 Å². The van der Waals surface area contributed by atoms with Gasteiger partial charge in [-0.1, -0.05) is 0 Å². The van der Waals surface area contributed by atoms with Gasteiger partial charge in [-0.05, 0) is 29.8 Å². The van der Waals surface area contributed by atoms with E-state index >= 15 is 0 Å². The number of rotatable bonds is 4. The molecule has 280 valence electrons. The zero-order valence-corrected chi connectivity index (χ0v) is 28.9. The minimum absolute atomic E-state index is 0.0967. The quantitative estimate of drug-likeness (QED) is 0.0996. The van der Waals surface area contributed by atoms with E-state index in [0.29, 0.717) is 39.7 Å². The minimum Gasteiger partial charge on any atom is -0.508 e. The van der Waals surface area contributed by atoms with Crippen molar-refractivity contribution < 1.29 is 60.3 Å². The van der Waals surface area contributed by atoms with Crippen molar-refractivity contribution in [2.75, 3.05) is 14.2 Å². The molecule has 0 bridgehead atoms. The summed E-state index contributed by atoms with van der Waals surface area (Å²) in [4.78, 5) is 26.5. The lowest BCUT2D eigenvalue weighted by Gasteiger charge is -2.09. The van der Waals surface area contributed by atoms with Crippen molar-refractivity contribution in [2.45, 2.75) is 13.8 Å². The number of benzene rings is 4. The van der Waals surface area contributed by atoms with Gasteiger partial charge in [-0.3, -0.25) is 24.6 Å². The number of hydrogen-bond acceptors (Lipinski definition) is 10. The Labute approximate surface area is 300 Å². The summed E-state index contributed by atoms with van der Waals surface area (Å²) >= 11 is 3.40. The van der Waals surface area contributed by atoms with Crippen LogP contribution in [-0.2, 0) is 0 Å². The molecule has 0 spiro atoms. The standard InChI is InChI=1S/C13H11BrFN3O.C7H5F2NO3.C6H3F2NO3.C6H4F2O/c1-6-12-7(2)17-13(14)18(12)10-5-8(19-3)4-9(15)11(10)16-6;1-13-4-2-5(8)7(10(11)12)6(9)3-4;7-4-1-3(10)2-5(8)6(4)9(11)12;7-4-1-5(8)3-6(9)2-4/h4-5H,1-3H3;2-3H,1H3;1-2,10H;1-3,9H. The fourth-order valence-corrected chi connectivity index (χ4v) is 5.05. The van der Waals surface area contributed by atoms with Gasteiger partial charge in [0.05, 0.1) is 46.5 Å². The summed E-state index contributed by atoms with van der Waals surface area (Å²) in [5.41, 5.74) is 0.990. The fourth-order valence-electron chi connectivity index (χ4n) is 4.42. The Hall–Kier alpha value is -6.25. The number of methoxy groups -OCH3 is 2. The van der Waals surface area contributed by atoms with Crippen LogP contribution in [0.3, 0.4) is 0 Å². The maximum atomic E-state index is 14.1. The highest BCUT2D eigenvalue weighted by Gasteiger charge is 2.23. The normalized spacial score (nSPS) is 10.3. The third-order valence-corrected chi connectivity index (χ3v) is 7.10. The molecule has 0 saturated heterocycles. The highest BCUT2D eigenvalue weighted by Crippen LogP contribution is 2.30. The summed E-state index contributed by atoms with van der Waals surface area (Å²) in [6.45, 7) is 3.75. The second-order valence-electron chi connectivity index (χ2n) is 10.2. The lowest BCUT2D eigenvalue weighted by molar-refractivity contribution is -0.390. The van der Waals surface area contributed by atoms with Crippen LogP contribution in [0.15, 0.2) is 59.3 Å². The van der Waals surface area contributed by atoms with Crippen LogP contribution in [-0.4, -0.2) is 48.6 Å². The lowest BCUT2D eigenvalue weighted by Crippen LogP contribution is -1.99. The van der Waals surface area contributed by atoms with Gasteiger partial charge in [-0.15, -0.1) is 0 Å². The molecule has 21 heteroatoms. The molecule has 2 aromatic heterocycles. The van der Waals surface area contributed by atoms with Crippen LogP contribution in [0.1, 0.15) is 11.4 Å². The van der Waals surface area contributed by atoms with E-state index in [1.165, 1.54) is 20.3 Å². The van der Waals surface area contributed by atoms with E-state index in [1.54, 1.807) is 6.07 Å². The number of fused-ring (bicyclic) bond motifs is 3. The molecule has 0 aliphatic rings. The maximum absolute atomic E-state index is 14.1. The van der Waals surface area contributed by atoms with E-state index in [-0.39, 0.29) is 5.75 Å². The van der Waals surface area contributed by atoms with Crippen LogP contribution in [0.5, 0.6) is 23.0 Å². The Balaban J connectivity index is 0.000000198. The Morgan fingerprint density at radius 1 is 0.642 bits per heavy atom. The van der Waals surface area contributed by atoms with E-state index in [1.807, 2.05) is 18.2 Å². The van der Waals surface area contributed by atoms with E-state index in [9.17, 15) is 51.0 Å². The van der Waals surface area contributed by atoms with E-state index < -0.39 is 73.4 Å². The number of nitrogens with zero attached hydrogens (tertiary/aromatic N) is 5. The topological polar surface area (TPSA) is 175 Å². The molecule has 53 heavy (non-hydrogen) atoms. The molecule has 0 aliphatic heterocycles. The molecule has 0 atom stereocenters. The predicted molar refractivity (Wildman–Crippen MR) is 176 cm³/mol. The molecule has 0 aliphatic carbocycles. The summed E-state index contributed by atoms with van der Waals surface area (Å²) in [5, 5.41) is 37.2. The highest BCUT2D eigenvalue weighted by molar-refractivity contribution is 9.10. The van der Waals surface area contributed by atoms with Crippen molar-refractivity contribution in [3.8, 4) is 23.0 Å². The second kappa shape index (κ2) is 17.3. The average molecular weight is 818 g/mol. The first kappa shape index (κ1) is 41.2. The number of phenolic OH excluding ortho intramolecular Hbond substituents is 2. The molecule has 2 heterocycles. The molecular formula is C32H23BrF7N5O8. The van der Waals surface area contributed by atoms with Crippen LogP contribution < -0.4 is 9.47 Å². The van der Waals surface area contributed by atoms with Crippen molar-refractivity contribution in [1.82, 2.24) is 14.4 Å². The highest BCUT2D eigenvalue weighted by atomic mass is 79.9. The second-order valence-corrected chi connectivity index (χ2v) is 10.9. The van der Waals surface area contributed by atoms with E-state index in [2.05, 4.69) is 30.6 Å². The molecule has 0 unspecified atom stereocenters. The molecule has 4 aromatic carbocycles. The first-order valence-corrected chi connectivity index (χ1v) is 14.9. The summed E-state index contributed by atoms with van der Waals surface area (Å²) < 4.78 is 101. The number of halogens is 8. The molecule has 0 radical (unpaired) electrons. The molecule has 6 aromatic rings. The van der Waals surface area contributed by atoms with Crippen molar-refractivity contribution in [3.63, 3.8) is 0 Å². The van der Waals surface area contributed by atoms with Gasteiger partial charge in [0.2, 0.25) is 23.3 Å². The Kier molecular flexibility index (Phi) is 13.4. The van der Waals surface area contributed by atoms with E-state index in [4.69, 9.17) is 14.9 Å². The first-order chi connectivity index (χ1) is 24.8. The number of ether oxygens (including phenoxy) is 2. The van der Waals surface area contributed by atoms with E-state index in [0.717, 1.165) is 41.2 Å². The van der Waals surface area contributed by atoms with Crippen LogP contribution in [0.25, 0.3) is 16.6 Å². The molecule has 0 saturated carbocycles. The molecular weight excluding hydrogens is 795 g/mol. The summed E-state index contributed by atoms with van der Waals surface area (Å²) in [7, 11) is 2.72. The van der Waals surface area contributed by atoms with Gasteiger partial charge in [0, 0.05) is 54.6 Å². The van der Waals surface area contributed by atoms with Crippen LogP contribution in [0.4, 0.5) is 42.1 Å². The van der Waals surface area contributed by atoms with Gasteiger partial charge >= 0.3 is 11.4 Å². The molecule has 13 nitrogen and oxygen atoms in total. The molecule has 6 rings (SSSR count). The Morgan fingerprint density at radius 2 is 1.04 bits per heavy atom. The Bertz CT molecular complexity index is 2250. The largest absolute Gasteiger partial charge is 0.508 e. The zero-order valence-electron chi connectivity index (χ0n) is 27.3. The van der Waals surface area contributed by atoms with Gasteiger partial charge in [-0.2, -0.15) is 17.6 Å². The number of nitro benzene ring substituents is 2. The SMILES string of the molecule is COc1cc(F)c([N+](=O)[O-])c(F)c1.COc1cc(F)c2nc(C)c3c(C)nc(Br)n3c2c1.O=[N+]([O-])c1c(F)cc(O)cc1F.Oc1cc(F)cc(F)c1. The zero-order chi connectivity index (χ0) is 39.9. The third-order valence-electron chi connectivity index (χ3n) is 6.57. The number of aromatic nitrogens is 3. The van der Waals surface area contributed by atoms with Gasteiger partial charge in [0.15, 0.2) is 10.6 Å². The van der Waals surface area contributed by atoms with Crippen molar-refractivity contribution in [3.05, 3.63) is 132 Å². The Morgan fingerprint density at radius 3 is 1.47 bits per heavy atom. The third kappa shape index (κ3) is 9.96. The smallest absolute Gasteiger partial charge is 0.340 e. The molecule has 0 amide bonds. The molecule has 2 N–H and O–H groups in total. The number of imidazole rings is 1. The summed E-state index contributed by atoms with van der Waals surface area (Å²) in [6, 6.07) is 7.90. The predicted octanol–water partition coefficient (Wildman–Crippen LogP) is 8.54. The first-order valence-electron chi connectivity index (χ1n) is 14.1. The molecule has 0 fully saturated rings. The lowest BCUT2D eigenvalue weighted by atomic mass is 10.2. The minimum atomic E-state index is -1.39. The van der Waals surface area contributed by atoms with Crippen LogP contribution in [0.2, 0.25) is 0 Å². The van der Waals surface area contributed by atoms with Gasteiger partial charge in [0.1, 0.15) is 40.1 Å². The number of aromatic hydroxyl groups is 2. The van der Waals surface area contributed by atoms with Crippen LogP contribution >= 0.6 is 15.9 Å². The number of nitro groups is 2. The number of aryl methyl sites for hydroxylation is 2. The van der Waals surface area contributed by atoms with Crippen molar-refractivity contribution in [2.24, 2.45) is 0 Å². The van der Waals surface area contributed by atoms with Crippen LogP contribution in [0, 0.1) is 74.8 Å². The fraction of sp³-hybridized carbons (Fsp3) is 0.125. The van der Waals surface area contributed by atoms with Crippen molar-refractivity contribution in [1.29, 1.82) is 0 Å². The number of hydrogen-bond donors (Lipinski definition) is 2.